The summed E-state index contributed by atoms with van der Waals surface area (Å²) in [5.41, 5.74) is 3.96. The van der Waals surface area contributed by atoms with Crippen molar-refractivity contribution in [1.29, 1.82) is 0 Å². The number of hydrogen-bond donors (Lipinski definition) is 2. The number of methoxy groups -OCH3 is 1. The molecule has 164 valence electrons. The molecule has 0 bridgehead atoms. The van der Waals surface area contributed by atoms with Crippen molar-refractivity contribution >= 4 is 57.9 Å². The molecule has 0 atom stereocenters. The van der Waals surface area contributed by atoms with Gasteiger partial charge in [0, 0.05) is 11.9 Å². The molecular formula is C22H18ClIN4O4. The number of pyridine rings is 1. The van der Waals surface area contributed by atoms with Gasteiger partial charge in [0.15, 0.2) is 18.1 Å². The molecule has 32 heavy (non-hydrogen) atoms. The lowest BCUT2D eigenvalue weighted by Gasteiger charge is -2.13. The van der Waals surface area contributed by atoms with E-state index in [0.29, 0.717) is 26.3 Å². The van der Waals surface area contributed by atoms with Gasteiger partial charge in [-0.25, -0.2) is 10.4 Å². The lowest BCUT2D eigenvalue weighted by atomic mass is 10.2. The van der Waals surface area contributed by atoms with Crippen molar-refractivity contribution in [3.8, 4) is 11.5 Å². The second-order valence-electron chi connectivity index (χ2n) is 6.28. The molecule has 10 heteroatoms. The van der Waals surface area contributed by atoms with Crippen LogP contribution in [0.4, 0.5) is 5.69 Å². The van der Waals surface area contributed by atoms with E-state index in [1.54, 1.807) is 36.4 Å². The maximum Gasteiger partial charge on any atom is 0.274 e. The van der Waals surface area contributed by atoms with E-state index in [1.807, 2.05) is 18.2 Å². The maximum absolute atomic E-state index is 12.2. The number of aromatic nitrogens is 1. The van der Waals surface area contributed by atoms with Crippen LogP contribution < -0.4 is 20.2 Å². The van der Waals surface area contributed by atoms with E-state index < -0.39 is 5.91 Å². The molecule has 0 aliphatic carbocycles. The van der Waals surface area contributed by atoms with Gasteiger partial charge in [-0.05, 0) is 64.6 Å². The van der Waals surface area contributed by atoms with Gasteiger partial charge in [-0.15, -0.1) is 0 Å². The van der Waals surface area contributed by atoms with Crippen LogP contribution in [0.2, 0.25) is 5.15 Å². The first-order chi connectivity index (χ1) is 15.5. The van der Waals surface area contributed by atoms with Gasteiger partial charge in [0.2, 0.25) is 0 Å². The molecule has 0 unspecified atom stereocenters. The van der Waals surface area contributed by atoms with Crippen molar-refractivity contribution in [2.24, 2.45) is 5.10 Å². The van der Waals surface area contributed by atoms with Crippen molar-refractivity contribution in [2.75, 3.05) is 19.0 Å². The molecular weight excluding hydrogens is 547 g/mol. The Kier molecular flexibility index (Phi) is 8.40. The highest BCUT2D eigenvalue weighted by Crippen LogP contribution is 2.33. The monoisotopic (exact) mass is 564 g/mol. The van der Waals surface area contributed by atoms with Gasteiger partial charge in [0.05, 0.1) is 22.5 Å². The number of rotatable bonds is 8. The third-order valence-corrected chi connectivity index (χ3v) is 5.14. The number of halogens is 2. The maximum atomic E-state index is 12.2. The second kappa shape index (κ2) is 11.4. The van der Waals surface area contributed by atoms with Crippen LogP contribution in [-0.2, 0) is 4.79 Å². The Morgan fingerprint density at radius 2 is 1.97 bits per heavy atom. The minimum absolute atomic E-state index is 0.0919. The van der Waals surface area contributed by atoms with E-state index in [4.69, 9.17) is 21.1 Å². The second-order valence-corrected chi connectivity index (χ2v) is 7.80. The molecule has 8 nitrogen and oxygen atoms in total. The smallest absolute Gasteiger partial charge is 0.274 e. The van der Waals surface area contributed by atoms with Gasteiger partial charge in [0.25, 0.3) is 11.8 Å². The number of para-hydroxylation sites is 1. The van der Waals surface area contributed by atoms with Gasteiger partial charge in [-0.2, -0.15) is 5.10 Å². The zero-order chi connectivity index (χ0) is 22.9. The van der Waals surface area contributed by atoms with Crippen molar-refractivity contribution < 1.29 is 19.1 Å². The van der Waals surface area contributed by atoms with E-state index in [-0.39, 0.29) is 23.2 Å². The summed E-state index contributed by atoms with van der Waals surface area (Å²) in [5.74, 6) is 0.0778. The predicted octanol–water partition coefficient (Wildman–Crippen LogP) is 4.13. The number of ether oxygens (including phenoxy) is 2. The molecule has 1 aromatic heterocycles. The van der Waals surface area contributed by atoms with Crippen LogP contribution in [0.1, 0.15) is 15.9 Å². The average molecular weight is 565 g/mol. The summed E-state index contributed by atoms with van der Waals surface area (Å²) < 4.78 is 11.8. The summed E-state index contributed by atoms with van der Waals surface area (Å²) in [4.78, 5) is 28.2. The summed E-state index contributed by atoms with van der Waals surface area (Å²) >= 11 is 7.98. The van der Waals surface area contributed by atoms with E-state index in [1.165, 1.54) is 19.5 Å². The summed E-state index contributed by atoms with van der Waals surface area (Å²) in [6.07, 6.45) is 2.95. The highest BCUT2D eigenvalue weighted by atomic mass is 127. The first kappa shape index (κ1) is 23.5. The van der Waals surface area contributed by atoms with E-state index >= 15 is 0 Å². The lowest BCUT2D eigenvalue weighted by molar-refractivity contribution is -0.118. The molecule has 2 aromatic carbocycles. The van der Waals surface area contributed by atoms with Crippen molar-refractivity contribution in [3.05, 3.63) is 80.6 Å². The molecule has 0 fully saturated rings. The molecule has 0 spiro atoms. The Balaban J connectivity index is 1.64. The number of carbonyl (C=O) groups excluding carboxylic acids is 2. The normalized spacial score (nSPS) is 10.6. The van der Waals surface area contributed by atoms with Crippen LogP contribution in [0.3, 0.4) is 0 Å². The zero-order valence-corrected chi connectivity index (χ0v) is 19.8. The summed E-state index contributed by atoms with van der Waals surface area (Å²) in [6, 6.07) is 15.7. The first-order valence-electron chi connectivity index (χ1n) is 9.27. The number of hydrazone groups is 1. The van der Waals surface area contributed by atoms with E-state index in [2.05, 4.69) is 43.4 Å². The summed E-state index contributed by atoms with van der Waals surface area (Å²) in [6.45, 7) is -0.184. The lowest BCUT2D eigenvalue weighted by Crippen LogP contribution is -2.20. The third kappa shape index (κ3) is 6.41. The SMILES string of the molecule is COc1cc(C=NNC(=O)c2cccnc2Cl)cc(I)c1OCC(=O)Nc1ccccc1. The molecule has 3 aromatic rings. The molecule has 0 saturated carbocycles. The fourth-order valence-electron chi connectivity index (χ4n) is 2.59. The van der Waals surface area contributed by atoms with E-state index in [9.17, 15) is 9.59 Å². The van der Waals surface area contributed by atoms with Crippen LogP contribution in [0, 0.1) is 3.57 Å². The molecule has 3 rings (SSSR count). The quantitative estimate of drug-likeness (QED) is 0.185. The van der Waals surface area contributed by atoms with Crippen LogP contribution in [0.5, 0.6) is 11.5 Å². The molecule has 0 aliphatic heterocycles. The topological polar surface area (TPSA) is 102 Å². The van der Waals surface area contributed by atoms with Gasteiger partial charge in [-0.1, -0.05) is 29.8 Å². The minimum atomic E-state index is -0.481. The Labute approximate surface area is 203 Å². The number of nitrogens with one attached hydrogen (secondary N) is 2. The Morgan fingerprint density at radius 3 is 2.69 bits per heavy atom. The average Bonchev–Trinajstić information content (AvgIpc) is 2.79. The van der Waals surface area contributed by atoms with Gasteiger partial charge in [0.1, 0.15) is 5.15 Å². The number of nitrogens with zero attached hydrogens (tertiary/aromatic N) is 2. The number of hydrogen-bond acceptors (Lipinski definition) is 6. The Morgan fingerprint density at radius 1 is 1.19 bits per heavy atom. The summed E-state index contributed by atoms with van der Waals surface area (Å²) in [5, 5.41) is 6.80. The van der Waals surface area contributed by atoms with E-state index in [0.717, 1.165) is 0 Å². The standard InChI is InChI=1S/C22H18ClIN4O4/c1-31-18-11-14(12-26-28-22(30)16-8-5-9-25-21(16)23)10-17(24)20(18)32-13-19(29)27-15-6-3-2-4-7-15/h2-12H,13H2,1H3,(H,27,29)(H,28,30). The Hall–Kier alpha value is -3.18. The fourth-order valence-corrected chi connectivity index (χ4v) is 3.58. The highest BCUT2D eigenvalue weighted by Gasteiger charge is 2.14. The van der Waals surface area contributed by atoms with Crippen LogP contribution >= 0.6 is 34.2 Å². The Bertz CT molecular complexity index is 1140. The molecule has 2 amide bonds. The van der Waals surface area contributed by atoms with Crippen LogP contribution in [-0.4, -0.2) is 36.7 Å². The van der Waals surface area contributed by atoms with Gasteiger partial charge < -0.3 is 14.8 Å². The zero-order valence-electron chi connectivity index (χ0n) is 16.8. The molecule has 1 heterocycles. The molecule has 0 saturated heterocycles. The predicted molar refractivity (Wildman–Crippen MR) is 131 cm³/mol. The van der Waals surface area contributed by atoms with Gasteiger partial charge in [-0.3, -0.25) is 9.59 Å². The molecule has 2 N–H and O–H groups in total. The fraction of sp³-hybridized carbons (Fsp3) is 0.0909. The third-order valence-electron chi connectivity index (χ3n) is 4.04. The minimum Gasteiger partial charge on any atom is -0.493 e. The summed E-state index contributed by atoms with van der Waals surface area (Å²) in [7, 11) is 1.50. The molecule has 0 radical (unpaired) electrons. The van der Waals surface area contributed by atoms with Crippen LogP contribution in [0.25, 0.3) is 0 Å². The first-order valence-corrected chi connectivity index (χ1v) is 10.7. The van der Waals surface area contributed by atoms with Crippen molar-refractivity contribution in [1.82, 2.24) is 10.4 Å². The molecule has 0 aliphatic rings. The number of carbonyl (C=O) groups is 2. The number of amides is 2. The largest absolute Gasteiger partial charge is 0.493 e. The highest BCUT2D eigenvalue weighted by molar-refractivity contribution is 14.1. The number of anilines is 1. The van der Waals surface area contributed by atoms with Crippen LogP contribution in [0.15, 0.2) is 65.9 Å². The van der Waals surface area contributed by atoms with Gasteiger partial charge >= 0.3 is 0 Å². The number of benzene rings is 2. The van der Waals surface area contributed by atoms with Crippen molar-refractivity contribution in [2.45, 2.75) is 0 Å². The van der Waals surface area contributed by atoms with Crippen molar-refractivity contribution in [3.63, 3.8) is 0 Å².